The van der Waals surface area contributed by atoms with Crippen molar-refractivity contribution in [1.82, 2.24) is 0 Å². The van der Waals surface area contributed by atoms with Crippen LogP contribution >= 0.6 is 0 Å². The molecule has 0 aromatic rings. The Morgan fingerprint density at radius 1 is 1.56 bits per heavy atom. The molecule has 0 heterocycles. The van der Waals surface area contributed by atoms with Gasteiger partial charge in [0.15, 0.2) is 0 Å². The first-order valence-corrected chi connectivity index (χ1v) is 2.18. The van der Waals surface area contributed by atoms with E-state index in [0.29, 0.717) is 6.08 Å². The van der Waals surface area contributed by atoms with Gasteiger partial charge >= 0.3 is 6.18 Å². The van der Waals surface area contributed by atoms with Crippen LogP contribution in [0.2, 0.25) is 0 Å². The summed E-state index contributed by atoms with van der Waals surface area (Å²) in [6, 6.07) is 0. The molecule has 9 heavy (non-hydrogen) atoms. The minimum atomic E-state index is -4.35. The third kappa shape index (κ3) is 2.30. The van der Waals surface area contributed by atoms with Gasteiger partial charge in [0.2, 0.25) is 0 Å². The number of halogens is 3. The maximum atomic E-state index is 11.5. The number of rotatable bonds is 1. The van der Waals surface area contributed by atoms with E-state index in [1.54, 1.807) is 0 Å². The molecule has 0 saturated carbocycles. The lowest BCUT2D eigenvalue weighted by molar-refractivity contribution is -0.0577. The quantitative estimate of drug-likeness (QED) is 0.488. The van der Waals surface area contributed by atoms with Crippen LogP contribution in [0.1, 0.15) is 0 Å². The largest absolute Gasteiger partial charge is 0.432 e. The number of hydrogen-bond acceptors (Lipinski definition) is 1. The van der Waals surface area contributed by atoms with Crippen LogP contribution in [-0.4, -0.2) is 18.9 Å². The Kier molecular flexibility index (Phi) is 2.42. The van der Waals surface area contributed by atoms with Crippen LogP contribution in [0.25, 0.3) is 0 Å². The molecule has 0 aromatic carbocycles. The van der Waals surface area contributed by atoms with Gasteiger partial charge in [-0.15, -0.1) is 0 Å². The van der Waals surface area contributed by atoms with E-state index >= 15 is 0 Å². The van der Waals surface area contributed by atoms with E-state index in [1.165, 1.54) is 0 Å². The zero-order valence-electron chi connectivity index (χ0n) is 4.87. The third-order valence-electron chi connectivity index (χ3n) is 0.725. The van der Waals surface area contributed by atoms with Crippen molar-refractivity contribution in [2.45, 2.75) is 6.18 Å². The van der Waals surface area contributed by atoms with Crippen molar-refractivity contribution < 1.29 is 13.2 Å². The van der Waals surface area contributed by atoms with Gasteiger partial charge in [0.25, 0.3) is 0 Å². The number of alkyl halides is 3. The standard InChI is InChI=1S/C5H6F3N/c1-3-4(9-2)5(6,7)8/h3H,1H2,2H3/b9-4+. The number of hydrogen-bond donors (Lipinski definition) is 0. The van der Waals surface area contributed by atoms with Gasteiger partial charge in [0, 0.05) is 7.05 Å². The molecule has 0 bridgehead atoms. The molecule has 0 atom stereocenters. The fraction of sp³-hybridized carbons (Fsp3) is 0.400. The van der Waals surface area contributed by atoms with E-state index in [9.17, 15) is 13.2 Å². The van der Waals surface area contributed by atoms with Crippen molar-refractivity contribution >= 4 is 5.71 Å². The Morgan fingerprint density at radius 2 is 2.00 bits per heavy atom. The Bertz CT molecular complexity index is 134. The molecule has 0 unspecified atom stereocenters. The third-order valence-corrected chi connectivity index (χ3v) is 0.725. The van der Waals surface area contributed by atoms with E-state index in [-0.39, 0.29) is 0 Å². The second-order valence-electron chi connectivity index (χ2n) is 1.31. The normalized spacial score (nSPS) is 13.6. The van der Waals surface area contributed by atoms with E-state index in [2.05, 4.69) is 11.6 Å². The zero-order chi connectivity index (χ0) is 7.49. The minimum Gasteiger partial charge on any atom is -0.284 e. The SMILES string of the molecule is C=C/C(=N\C)C(F)(F)F. The molecule has 0 rings (SSSR count). The molecule has 1 nitrogen and oxygen atoms in total. The monoisotopic (exact) mass is 137 g/mol. The molecular weight excluding hydrogens is 131 g/mol. The maximum Gasteiger partial charge on any atom is 0.432 e. The van der Waals surface area contributed by atoms with Crippen molar-refractivity contribution in [2.24, 2.45) is 4.99 Å². The summed E-state index contributed by atoms with van der Waals surface area (Å²) in [5.74, 6) is 0. The van der Waals surface area contributed by atoms with Crippen LogP contribution in [0.3, 0.4) is 0 Å². The van der Waals surface area contributed by atoms with Crippen LogP contribution in [0, 0.1) is 0 Å². The molecule has 0 aliphatic carbocycles. The molecule has 52 valence electrons. The minimum absolute atomic E-state index is 0.681. The molecule has 0 fully saturated rings. The summed E-state index contributed by atoms with van der Waals surface area (Å²) in [6.07, 6.45) is -3.67. The molecule has 0 aromatic heterocycles. The first-order chi connectivity index (χ1) is 4.02. The first-order valence-electron chi connectivity index (χ1n) is 2.18. The van der Waals surface area contributed by atoms with Gasteiger partial charge in [0.05, 0.1) is 0 Å². The van der Waals surface area contributed by atoms with Crippen LogP contribution < -0.4 is 0 Å². The van der Waals surface area contributed by atoms with E-state index in [1.807, 2.05) is 0 Å². The molecule has 0 radical (unpaired) electrons. The Labute approximate surface area is 50.9 Å². The summed E-state index contributed by atoms with van der Waals surface area (Å²) in [5, 5.41) is 0. The van der Waals surface area contributed by atoms with Gasteiger partial charge in [-0.2, -0.15) is 13.2 Å². The Morgan fingerprint density at radius 3 is 2.00 bits per heavy atom. The first kappa shape index (κ1) is 8.20. The van der Waals surface area contributed by atoms with Crippen molar-refractivity contribution in [3.05, 3.63) is 12.7 Å². The van der Waals surface area contributed by atoms with Crippen LogP contribution in [-0.2, 0) is 0 Å². The summed E-state index contributed by atoms with van der Waals surface area (Å²) in [5.41, 5.74) is -0.942. The Hall–Kier alpha value is -0.800. The average Bonchev–Trinajstić information content (AvgIpc) is 1.65. The average molecular weight is 137 g/mol. The highest BCUT2D eigenvalue weighted by Crippen LogP contribution is 2.17. The second-order valence-corrected chi connectivity index (χ2v) is 1.31. The Balaban J connectivity index is 4.32. The summed E-state index contributed by atoms with van der Waals surface area (Å²) in [4.78, 5) is 2.95. The van der Waals surface area contributed by atoms with Crippen LogP contribution in [0.4, 0.5) is 13.2 Å². The number of nitrogens with zero attached hydrogens (tertiary/aromatic N) is 1. The lowest BCUT2D eigenvalue weighted by Crippen LogP contribution is -2.19. The predicted molar refractivity (Wildman–Crippen MR) is 29.6 cm³/mol. The lowest BCUT2D eigenvalue weighted by Gasteiger charge is -2.02. The van der Waals surface area contributed by atoms with Gasteiger partial charge < -0.3 is 0 Å². The van der Waals surface area contributed by atoms with Crippen molar-refractivity contribution in [2.75, 3.05) is 7.05 Å². The van der Waals surface area contributed by atoms with Gasteiger partial charge in [-0.25, -0.2) is 0 Å². The second kappa shape index (κ2) is 2.66. The fourth-order valence-corrected chi connectivity index (χ4v) is 0.334. The lowest BCUT2D eigenvalue weighted by atomic mass is 10.4. The van der Waals surface area contributed by atoms with E-state index in [4.69, 9.17) is 0 Å². The molecule has 4 heteroatoms. The molecule has 0 saturated heterocycles. The molecule has 0 aliphatic rings. The van der Waals surface area contributed by atoms with Crippen LogP contribution in [0.5, 0.6) is 0 Å². The number of aliphatic imine (C=N–C) groups is 1. The van der Waals surface area contributed by atoms with Crippen molar-refractivity contribution in [3.8, 4) is 0 Å². The highest BCUT2D eigenvalue weighted by atomic mass is 19.4. The molecule has 0 amide bonds. The molecular formula is C5H6F3N. The summed E-state index contributed by atoms with van der Waals surface area (Å²) >= 11 is 0. The maximum absolute atomic E-state index is 11.5. The van der Waals surface area contributed by atoms with E-state index < -0.39 is 11.9 Å². The van der Waals surface area contributed by atoms with Crippen molar-refractivity contribution in [3.63, 3.8) is 0 Å². The summed E-state index contributed by atoms with van der Waals surface area (Å²) in [6.45, 7) is 2.95. The predicted octanol–water partition coefficient (Wildman–Crippen LogP) is 1.81. The van der Waals surface area contributed by atoms with Gasteiger partial charge in [-0.05, 0) is 6.08 Å². The fourth-order valence-electron chi connectivity index (χ4n) is 0.334. The summed E-state index contributed by atoms with van der Waals surface area (Å²) in [7, 11) is 1.07. The number of allylic oxidation sites excluding steroid dienone is 1. The van der Waals surface area contributed by atoms with Crippen molar-refractivity contribution in [1.29, 1.82) is 0 Å². The van der Waals surface area contributed by atoms with Gasteiger partial charge in [0.1, 0.15) is 5.71 Å². The molecule has 0 aliphatic heterocycles. The van der Waals surface area contributed by atoms with Gasteiger partial charge in [-0.1, -0.05) is 6.58 Å². The topological polar surface area (TPSA) is 12.4 Å². The summed E-state index contributed by atoms with van der Waals surface area (Å²) < 4.78 is 34.6. The highest BCUT2D eigenvalue weighted by Gasteiger charge is 2.32. The molecule has 0 N–H and O–H groups in total. The molecule has 0 spiro atoms. The smallest absolute Gasteiger partial charge is 0.284 e. The highest BCUT2D eigenvalue weighted by molar-refractivity contribution is 5.98. The van der Waals surface area contributed by atoms with Gasteiger partial charge in [-0.3, -0.25) is 4.99 Å². The zero-order valence-corrected chi connectivity index (χ0v) is 4.87. The van der Waals surface area contributed by atoms with E-state index in [0.717, 1.165) is 7.05 Å². The van der Waals surface area contributed by atoms with Crippen LogP contribution in [0.15, 0.2) is 17.6 Å².